The Balaban J connectivity index is 1.34. The number of rotatable bonds is 6. The number of ether oxygens (including phenoxy) is 1. The summed E-state index contributed by atoms with van der Waals surface area (Å²) in [4.78, 5) is 2.58. The molecule has 3 rings (SSSR count). The molecule has 0 aliphatic carbocycles. The van der Waals surface area contributed by atoms with E-state index in [1.54, 1.807) is 0 Å². The van der Waals surface area contributed by atoms with E-state index >= 15 is 0 Å². The zero-order valence-corrected chi connectivity index (χ0v) is 12.3. The average Bonchev–Trinajstić information content (AvgIpc) is 3.16. The van der Waals surface area contributed by atoms with E-state index in [1.807, 2.05) is 0 Å². The van der Waals surface area contributed by atoms with Crippen molar-refractivity contribution in [2.75, 3.05) is 32.8 Å². The van der Waals surface area contributed by atoms with Gasteiger partial charge in [-0.2, -0.15) is 0 Å². The van der Waals surface area contributed by atoms with Crippen molar-refractivity contribution in [3.8, 4) is 0 Å². The molecule has 0 bridgehead atoms. The van der Waals surface area contributed by atoms with Gasteiger partial charge in [0.05, 0.1) is 6.10 Å². The van der Waals surface area contributed by atoms with E-state index in [2.05, 4.69) is 40.5 Å². The fraction of sp³-hybridized carbons (Fsp3) is 0.647. The Morgan fingerprint density at radius 2 is 2.10 bits per heavy atom. The van der Waals surface area contributed by atoms with Gasteiger partial charge in [0, 0.05) is 32.3 Å². The molecule has 2 fully saturated rings. The van der Waals surface area contributed by atoms with E-state index in [9.17, 15) is 0 Å². The molecule has 2 saturated heterocycles. The molecule has 1 aromatic rings. The smallest absolute Gasteiger partial charge is 0.0700 e. The zero-order valence-electron chi connectivity index (χ0n) is 12.3. The first-order valence-electron chi connectivity index (χ1n) is 8.01. The summed E-state index contributed by atoms with van der Waals surface area (Å²) in [5, 5.41) is 3.69. The van der Waals surface area contributed by atoms with Gasteiger partial charge in [-0.1, -0.05) is 30.3 Å². The Bertz CT molecular complexity index is 389. The van der Waals surface area contributed by atoms with Crippen molar-refractivity contribution in [1.82, 2.24) is 10.2 Å². The third-order valence-corrected chi connectivity index (χ3v) is 4.49. The fourth-order valence-electron chi connectivity index (χ4n) is 3.24. The minimum atomic E-state index is 0.466. The van der Waals surface area contributed by atoms with Crippen LogP contribution in [-0.2, 0) is 11.2 Å². The zero-order chi connectivity index (χ0) is 13.6. The van der Waals surface area contributed by atoms with Crippen molar-refractivity contribution >= 4 is 0 Å². The molecule has 0 saturated carbocycles. The summed E-state index contributed by atoms with van der Waals surface area (Å²) >= 11 is 0. The molecule has 2 aliphatic rings. The lowest BCUT2D eigenvalue weighted by Crippen LogP contribution is -2.37. The second kappa shape index (κ2) is 7.21. The Labute approximate surface area is 122 Å². The average molecular weight is 274 g/mol. The van der Waals surface area contributed by atoms with Gasteiger partial charge in [-0.15, -0.1) is 0 Å². The molecule has 0 aromatic heterocycles. The summed E-state index contributed by atoms with van der Waals surface area (Å²) in [6.45, 7) is 5.61. The van der Waals surface area contributed by atoms with E-state index in [-0.39, 0.29) is 0 Å². The lowest BCUT2D eigenvalue weighted by atomic mass is 10.1. The standard InChI is InChI=1S/C17H26N2O/c1-2-5-15(6-3-1)8-10-19-11-9-16(14-19)18-13-17-7-4-12-20-17/h1-3,5-6,16-18H,4,7-14H2. The van der Waals surface area contributed by atoms with Crippen LogP contribution in [0.1, 0.15) is 24.8 Å². The monoisotopic (exact) mass is 274 g/mol. The van der Waals surface area contributed by atoms with Crippen LogP contribution in [0.15, 0.2) is 30.3 Å². The highest BCUT2D eigenvalue weighted by molar-refractivity contribution is 5.14. The molecule has 3 nitrogen and oxygen atoms in total. The van der Waals surface area contributed by atoms with E-state index in [0.717, 1.165) is 13.2 Å². The van der Waals surface area contributed by atoms with Crippen molar-refractivity contribution in [2.24, 2.45) is 0 Å². The molecule has 110 valence electrons. The molecular weight excluding hydrogens is 248 g/mol. The molecule has 2 unspecified atom stereocenters. The third kappa shape index (κ3) is 4.05. The summed E-state index contributed by atoms with van der Waals surface area (Å²) < 4.78 is 5.67. The molecule has 2 atom stereocenters. The summed E-state index contributed by atoms with van der Waals surface area (Å²) in [5.74, 6) is 0. The lowest BCUT2D eigenvalue weighted by molar-refractivity contribution is 0.107. The van der Waals surface area contributed by atoms with Crippen LogP contribution in [0.25, 0.3) is 0 Å². The van der Waals surface area contributed by atoms with Crippen LogP contribution >= 0.6 is 0 Å². The van der Waals surface area contributed by atoms with Crippen LogP contribution in [0.5, 0.6) is 0 Å². The number of hydrogen-bond acceptors (Lipinski definition) is 3. The number of nitrogens with one attached hydrogen (secondary N) is 1. The van der Waals surface area contributed by atoms with Gasteiger partial charge >= 0.3 is 0 Å². The van der Waals surface area contributed by atoms with Gasteiger partial charge in [0.2, 0.25) is 0 Å². The predicted molar refractivity (Wildman–Crippen MR) is 82.0 cm³/mol. The third-order valence-electron chi connectivity index (χ3n) is 4.49. The largest absolute Gasteiger partial charge is 0.377 e. The Morgan fingerprint density at radius 3 is 2.90 bits per heavy atom. The first-order chi connectivity index (χ1) is 9.90. The highest BCUT2D eigenvalue weighted by Crippen LogP contribution is 2.14. The maximum Gasteiger partial charge on any atom is 0.0700 e. The first kappa shape index (κ1) is 14.1. The van der Waals surface area contributed by atoms with Gasteiger partial charge in [0.15, 0.2) is 0 Å². The predicted octanol–water partition coefficient (Wildman–Crippen LogP) is 2.07. The van der Waals surface area contributed by atoms with Gasteiger partial charge in [-0.3, -0.25) is 0 Å². The second-order valence-electron chi connectivity index (χ2n) is 6.07. The number of likely N-dealkylation sites (tertiary alicyclic amines) is 1. The molecule has 20 heavy (non-hydrogen) atoms. The molecule has 0 spiro atoms. The van der Waals surface area contributed by atoms with Crippen molar-refractivity contribution in [1.29, 1.82) is 0 Å². The molecule has 0 amide bonds. The number of benzene rings is 1. The van der Waals surface area contributed by atoms with Crippen molar-refractivity contribution in [3.05, 3.63) is 35.9 Å². The Morgan fingerprint density at radius 1 is 1.20 bits per heavy atom. The van der Waals surface area contributed by atoms with E-state index in [0.29, 0.717) is 12.1 Å². The van der Waals surface area contributed by atoms with Crippen LogP contribution in [-0.4, -0.2) is 49.8 Å². The quantitative estimate of drug-likeness (QED) is 0.859. The van der Waals surface area contributed by atoms with Gasteiger partial charge < -0.3 is 15.0 Å². The van der Waals surface area contributed by atoms with Crippen molar-refractivity contribution in [2.45, 2.75) is 37.8 Å². The maximum atomic E-state index is 5.67. The molecule has 1 N–H and O–H groups in total. The number of nitrogens with zero attached hydrogens (tertiary/aromatic N) is 1. The van der Waals surface area contributed by atoms with E-state index in [4.69, 9.17) is 4.74 Å². The van der Waals surface area contributed by atoms with Crippen molar-refractivity contribution in [3.63, 3.8) is 0 Å². The van der Waals surface area contributed by atoms with Crippen molar-refractivity contribution < 1.29 is 4.74 Å². The topological polar surface area (TPSA) is 24.5 Å². The first-order valence-corrected chi connectivity index (χ1v) is 8.01. The van der Waals surface area contributed by atoms with Crippen LogP contribution in [0.3, 0.4) is 0 Å². The number of hydrogen-bond donors (Lipinski definition) is 1. The maximum absolute atomic E-state index is 5.67. The highest BCUT2D eigenvalue weighted by atomic mass is 16.5. The van der Waals surface area contributed by atoms with Gasteiger partial charge in [0.25, 0.3) is 0 Å². The molecular formula is C17H26N2O. The summed E-state index contributed by atoms with van der Waals surface area (Å²) in [7, 11) is 0. The van der Waals surface area contributed by atoms with Crippen LogP contribution in [0, 0.1) is 0 Å². The fourth-order valence-corrected chi connectivity index (χ4v) is 3.24. The highest BCUT2D eigenvalue weighted by Gasteiger charge is 2.23. The van der Waals surface area contributed by atoms with E-state index < -0.39 is 0 Å². The van der Waals surface area contributed by atoms with E-state index in [1.165, 1.54) is 50.9 Å². The SMILES string of the molecule is c1ccc(CCN2CCC(NCC3CCCO3)C2)cc1. The molecule has 2 aliphatic heterocycles. The molecule has 2 heterocycles. The molecule has 1 aromatic carbocycles. The molecule has 3 heteroatoms. The van der Waals surface area contributed by atoms with Gasteiger partial charge in [-0.25, -0.2) is 0 Å². The summed E-state index contributed by atoms with van der Waals surface area (Å²) in [6, 6.07) is 11.5. The minimum absolute atomic E-state index is 0.466. The van der Waals surface area contributed by atoms with Crippen LogP contribution in [0.4, 0.5) is 0 Å². The van der Waals surface area contributed by atoms with Crippen LogP contribution in [0.2, 0.25) is 0 Å². The van der Waals surface area contributed by atoms with Gasteiger partial charge in [-0.05, 0) is 37.8 Å². The summed E-state index contributed by atoms with van der Waals surface area (Å²) in [6.07, 6.45) is 5.38. The van der Waals surface area contributed by atoms with Gasteiger partial charge in [0.1, 0.15) is 0 Å². The lowest BCUT2D eigenvalue weighted by Gasteiger charge is -2.18. The normalized spacial score (nSPS) is 27.2. The van der Waals surface area contributed by atoms with Crippen LogP contribution < -0.4 is 5.32 Å². The minimum Gasteiger partial charge on any atom is -0.377 e. The second-order valence-corrected chi connectivity index (χ2v) is 6.07. The summed E-state index contributed by atoms with van der Waals surface area (Å²) in [5.41, 5.74) is 1.45. The molecule has 0 radical (unpaired) electrons. The Hall–Kier alpha value is -0.900. The Kier molecular flexibility index (Phi) is 5.06.